The lowest BCUT2D eigenvalue weighted by Gasteiger charge is -2.08. The molecule has 0 unspecified atom stereocenters. The van der Waals surface area contributed by atoms with Gasteiger partial charge in [0.05, 0.1) is 27.5 Å². The maximum atomic E-state index is 12.5. The van der Waals surface area contributed by atoms with Crippen LogP contribution in [-0.4, -0.2) is 23.4 Å². The summed E-state index contributed by atoms with van der Waals surface area (Å²) in [6.07, 6.45) is 2.91. The Morgan fingerprint density at radius 2 is 1.97 bits per heavy atom. The van der Waals surface area contributed by atoms with E-state index in [4.69, 9.17) is 21.0 Å². The first-order valence-corrected chi connectivity index (χ1v) is 11.7. The second-order valence-electron chi connectivity index (χ2n) is 6.71. The zero-order valence-corrected chi connectivity index (χ0v) is 18.4. The van der Waals surface area contributed by atoms with Crippen molar-refractivity contribution in [3.63, 3.8) is 0 Å². The van der Waals surface area contributed by atoms with E-state index in [9.17, 15) is 8.42 Å². The van der Waals surface area contributed by atoms with E-state index in [0.29, 0.717) is 17.1 Å². The predicted octanol–water partition coefficient (Wildman–Crippen LogP) is 5.44. The maximum Gasteiger partial charge on any atom is 0.295 e. The van der Waals surface area contributed by atoms with Gasteiger partial charge in [-0.15, -0.1) is 11.3 Å². The van der Waals surface area contributed by atoms with Crippen molar-refractivity contribution in [1.29, 1.82) is 0 Å². The zero-order valence-electron chi connectivity index (χ0n) is 16.0. The fourth-order valence-corrected chi connectivity index (χ4v) is 4.95. The van der Waals surface area contributed by atoms with Crippen LogP contribution in [0.3, 0.4) is 0 Å². The van der Waals surface area contributed by atoms with Crippen LogP contribution in [0, 0.1) is 0 Å². The predicted molar refractivity (Wildman–Crippen MR) is 117 cm³/mol. The van der Waals surface area contributed by atoms with Gasteiger partial charge in [0.2, 0.25) is 10.4 Å². The van der Waals surface area contributed by atoms with Crippen molar-refractivity contribution in [2.75, 3.05) is 4.72 Å². The number of halogens is 1. The van der Waals surface area contributed by atoms with Gasteiger partial charge in [-0.3, -0.25) is 4.72 Å². The number of hydrogen-bond acceptors (Lipinski definition) is 7. The van der Waals surface area contributed by atoms with Crippen LogP contribution in [0.25, 0.3) is 21.8 Å². The van der Waals surface area contributed by atoms with Gasteiger partial charge in [0.1, 0.15) is 0 Å². The molecule has 0 spiro atoms. The molecule has 10 heteroatoms. The fraction of sp³-hybridized carbons (Fsp3) is 0.150. The summed E-state index contributed by atoms with van der Waals surface area (Å²) in [7, 11) is -3.82. The molecule has 154 valence electrons. The molecule has 0 aliphatic rings. The van der Waals surface area contributed by atoms with Crippen molar-refractivity contribution >= 4 is 38.6 Å². The van der Waals surface area contributed by atoms with Crippen molar-refractivity contribution in [3.8, 4) is 21.8 Å². The molecule has 0 saturated heterocycles. The molecule has 4 rings (SSSR count). The van der Waals surface area contributed by atoms with Gasteiger partial charge in [-0.25, -0.2) is 15.0 Å². The Hall–Kier alpha value is -2.75. The Labute approximate surface area is 182 Å². The van der Waals surface area contributed by atoms with Crippen LogP contribution in [0.2, 0.25) is 5.28 Å². The standard InChI is InChI=1S/C20H17ClN4O3S2/c1-12(2)19-24-17(18(29-19)15-8-9-22-20(21)23-15)13-5-3-6-14(11-13)25-30(26,27)16-7-4-10-28-16/h3-12,25H,1-2H3. The van der Waals surface area contributed by atoms with Gasteiger partial charge < -0.3 is 4.42 Å². The Morgan fingerprint density at radius 1 is 1.13 bits per heavy atom. The van der Waals surface area contributed by atoms with Crippen LogP contribution < -0.4 is 4.72 Å². The number of sulfonamides is 1. The second-order valence-corrected chi connectivity index (χ2v) is 9.70. The van der Waals surface area contributed by atoms with Crippen LogP contribution in [0.1, 0.15) is 24.8 Å². The average Bonchev–Trinajstić information content (AvgIpc) is 3.39. The molecule has 1 N–H and O–H groups in total. The Bertz CT molecular complexity index is 1290. The highest BCUT2D eigenvalue weighted by molar-refractivity contribution is 7.92. The third-order valence-corrected chi connectivity index (χ3v) is 6.97. The summed E-state index contributed by atoms with van der Waals surface area (Å²) >= 11 is 7.51. The molecule has 0 aliphatic carbocycles. The number of aromatic nitrogens is 3. The van der Waals surface area contributed by atoms with Crippen molar-refractivity contribution in [2.45, 2.75) is 24.9 Å². The van der Waals surface area contributed by atoms with E-state index in [1.807, 2.05) is 6.07 Å². The van der Waals surface area contributed by atoms with E-state index >= 15 is 0 Å². The number of thiazole rings is 1. The SMILES string of the molecule is CC(C)c1nc(-c2cccc(NS(=O)(=O)c3ccco3)c2)c(-c2ccnc(Cl)n2)s1. The molecule has 3 aromatic heterocycles. The van der Waals surface area contributed by atoms with Gasteiger partial charge in [0.25, 0.3) is 10.0 Å². The average molecular weight is 461 g/mol. The zero-order chi connectivity index (χ0) is 21.3. The minimum Gasteiger partial charge on any atom is -0.451 e. The van der Waals surface area contributed by atoms with E-state index in [1.54, 1.807) is 30.5 Å². The van der Waals surface area contributed by atoms with Gasteiger partial charge in [-0.2, -0.15) is 8.42 Å². The van der Waals surface area contributed by atoms with Crippen molar-refractivity contribution in [1.82, 2.24) is 15.0 Å². The van der Waals surface area contributed by atoms with E-state index in [1.165, 1.54) is 29.7 Å². The second kappa shape index (κ2) is 8.17. The smallest absolute Gasteiger partial charge is 0.295 e. The topological polar surface area (TPSA) is 98.0 Å². The highest BCUT2D eigenvalue weighted by Gasteiger charge is 2.20. The lowest BCUT2D eigenvalue weighted by Crippen LogP contribution is -2.12. The summed E-state index contributed by atoms with van der Waals surface area (Å²) in [6.45, 7) is 4.13. The van der Waals surface area contributed by atoms with Gasteiger partial charge in [-0.05, 0) is 41.9 Å². The molecular weight excluding hydrogens is 444 g/mol. The Kier molecular flexibility index (Phi) is 5.59. The Morgan fingerprint density at radius 3 is 2.67 bits per heavy atom. The molecule has 0 bridgehead atoms. The number of nitrogens with zero attached hydrogens (tertiary/aromatic N) is 3. The van der Waals surface area contributed by atoms with Gasteiger partial charge >= 0.3 is 0 Å². The van der Waals surface area contributed by atoms with Crippen molar-refractivity contribution in [2.24, 2.45) is 0 Å². The summed E-state index contributed by atoms with van der Waals surface area (Å²) in [5, 5.41) is 0.939. The fourth-order valence-electron chi connectivity index (χ4n) is 2.77. The molecule has 0 aliphatic heterocycles. The highest BCUT2D eigenvalue weighted by atomic mass is 35.5. The minimum atomic E-state index is -3.82. The molecule has 0 atom stereocenters. The maximum absolute atomic E-state index is 12.5. The van der Waals surface area contributed by atoms with Gasteiger partial charge in [0.15, 0.2) is 0 Å². The molecule has 0 fully saturated rings. The van der Waals surface area contributed by atoms with E-state index in [0.717, 1.165) is 15.4 Å². The number of benzene rings is 1. The molecule has 30 heavy (non-hydrogen) atoms. The first-order valence-electron chi connectivity index (χ1n) is 9.00. The van der Waals surface area contributed by atoms with Crippen LogP contribution in [0.5, 0.6) is 0 Å². The first-order chi connectivity index (χ1) is 14.3. The molecule has 3 heterocycles. The highest BCUT2D eigenvalue weighted by Crippen LogP contribution is 2.39. The van der Waals surface area contributed by atoms with E-state index < -0.39 is 10.0 Å². The number of anilines is 1. The number of rotatable bonds is 6. The minimum absolute atomic E-state index is 0.151. The van der Waals surface area contributed by atoms with Crippen molar-refractivity contribution < 1.29 is 12.8 Å². The summed E-state index contributed by atoms with van der Waals surface area (Å²) in [4.78, 5) is 13.9. The molecule has 1 aromatic carbocycles. The number of hydrogen-bond donors (Lipinski definition) is 1. The molecule has 0 radical (unpaired) electrons. The van der Waals surface area contributed by atoms with Gasteiger partial charge in [-0.1, -0.05) is 26.0 Å². The van der Waals surface area contributed by atoms with Crippen LogP contribution >= 0.6 is 22.9 Å². The molecule has 0 amide bonds. The Balaban J connectivity index is 1.77. The summed E-state index contributed by atoms with van der Waals surface area (Å²) in [5.74, 6) is 0.223. The normalized spacial score (nSPS) is 11.7. The summed E-state index contributed by atoms with van der Waals surface area (Å²) in [5.41, 5.74) is 2.52. The first kappa shape index (κ1) is 20.5. The largest absolute Gasteiger partial charge is 0.451 e. The van der Waals surface area contributed by atoms with E-state index in [-0.39, 0.29) is 16.3 Å². The molecule has 4 aromatic rings. The quantitative estimate of drug-likeness (QED) is 0.385. The number of furan rings is 1. The molecular formula is C20H17ClN4O3S2. The lowest BCUT2D eigenvalue weighted by molar-refractivity contribution is 0.452. The van der Waals surface area contributed by atoms with Crippen LogP contribution in [-0.2, 0) is 10.0 Å². The van der Waals surface area contributed by atoms with E-state index in [2.05, 4.69) is 28.5 Å². The van der Waals surface area contributed by atoms with Crippen LogP contribution in [0.4, 0.5) is 5.69 Å². The number of nitrogens with one attached hydrogen (secondary N) is 1. The lowest BCUT2D eigenvalue weighted by atomic mass is 10.1. The van der Waals surface area contributed by atoms with Gasteiger partial charge in [0, 0.05) is 23.4 Å². The summed E-state index contributed by atoms with van der Waals surface area (Å²) in [6, 6.07) is 11.7. The van der Waals surface area contributed by atoms with Crippen LogP contribution in [0.15, 0.2) is 64.4 Å². The summed E-state index contributed by atoms with van der Waals surface area (Å²) < 4.78 is 32.5. The molecule has 0 saturated carbocycles. The third-order valence-electron chi connectivity index (χ3n) is 4.14. The van der Waals surface area contributed by atoms with Crippen molar-refractivity contribution in [3.05, 3.63) is 65.2 Å². The monoisotopic (exact) mass is 460 g/mol. The third kappa shape index (κ3) is 4.23. The molecule has 7 nitrogen and oxygen atoms in total.